The summed E-state index contributed by atoms with van der Waals surface area (Å²) in [7, 11) is 0. The van der Waals surface area contributed by atoms with E-state index in [1.54, 1.807) is 0 Å². The number of carbonyl (C=O) groups excluding carboxylic acids is 1. The minimum absolute atomic E-state index is 0.551. The molecule has 0 heterocycles. The number of carbonyl (C=O) groups is 2. The number of ketones is 1. The van der Waals surface area contributed by atoms with E-state index in [-0.39, 0.29) is 0 Å². The Kier molecular flexibility index (Phi) is 2.95. The first-order valence-corrected chi connectivity index (χ1v) is 4.15. The van der Waals surface area contributed by atoms with Gasteiger partial charge in [0.25, 0.3) is 5.78 Å². The quantitative estimate of drug-likeness (QED) is 0.505. The zero-order valence-corrected chi connectivity index (χ0v) is 8.14. The van der Waals surface area contributed by atoms with Gasteiger partial charge >= 0.3 is 5.97 Å². The third-order valence-corrected chi connectivity index (χ3v) is 2.20. The van der Waals surface area contributed by atoms with Crippen LogP contribution in [-0.2, 0) is 4.79 Å². The molecule has 0 aliphatic rings. The second-order valence-corrected chi connectivity index (χ2v) is 3.15. The minimum atomic E-state index is -1.79. The van der Waals surface area contributed by atoms with Gasteiger partial charge in [0, 0.05) is 0 Å². The number of carboxylic acid groups (broad SMARTS) is 1. The molecule has 0 radical (unpaired) electrons. The van der Waals surface area contributed by atoms with Crippen LogP contribution in [0.3, 0.4) is 0 Å². The second-order valence-electron chi connectivity index (χ2n) is 2.36. The van der Waals surface area contributed by atoms with Crippen LogP contribution in [0.4, 0.5) is 8.78 Å². The lowest BCUT2D eigenvalue weighted by Crippen LogP contribution is -2.14. The van der Waals surface area contributed by atoms with Crippen LogP contribution in [0.5, 0.6) is 0 Å². The van der Waals surface area contributed by atoms with Gasteiger partial charge in [-0.15, -0.1) is 0 Å². The van der Waals surface area contributed by atoms with E-state index < -0.39 is 33.4 Å². The van der Waals surface area contributed by atoms with Crippen molar-refractivity contribution in [2.45, 2.75) is 0 Å². The van der Waals surface area contributed by atoms with Crippen LogP contribution in [0.25, 0.3) is 0 Å². The first kappa shape index (κ1) is 10.8. The Bertz CT molecular complexity index is 417. The molecular weight excluding hydrogens is 262 g/mol. The predicted molar refractivity (Wildman–Crippen MR) is 46.0 cm³/mol. The number of halogens is 3. The molecule has 1 aromatic carbocycles. The molecule has 14 heavy (non-hydrogen) atoms. The average molecular weight is 265 g/mol. The summed E-state index contributed by atoms with van der Waals surface area (Å²) in [4.78, 5) is 21.1. The third-order valence-electron chi connectivity index (χ3n) is 1.47. The topological polar surface area (TPSA) is 54.4 Å². The van der Waals surface area contributed by atoms with E-state index in [1.165, 1.54) is 0 Å². The third kappa shape index (κ3) is 1.79. The van der Waals surface area contributed by atoms with Crippen molar-refractivity contribution in [3.05, 3.63) is 33.8 Å². The van der Waals surface area contributed by atoms with E-state index in [4.69, 9.17) is 5.11 Å². The summed E-state index contributed by atoms with van der Waals surface area (Å²) >= 11 is 2.55. The standard InChI is InChI=1S/C8H3BrF2O3/c9-5-4(10)2-1-3(6(5)11)7(12)8(13)14/h1-2H,(H,13,14). The fraction of sp³-hybridized carbons (Fsp3) is 0. The van der Waals surface area contributed by atoms with Crippen molar-refractivity contribution in [1.29, 1.82) is 0 Å². The van der Waals surface area contributed by atoms with Gasteiger partial charge in [-0.3, -0.25) is 4.79 Å². The first-order valence-electron chi connectivity index (χ1n) is 3.36. The fourth-order valence-electron chi connectivity index (χ4n) is 0.816. The molecule has 1 rings (SSSR count). The van der Waals surface area contributed by atoms with E-state index in [2.05, 4.69) is 15.9 Å². The molecule has 0 amide bonds. The zero-order chi connectivity index (χ0) is 10.9. The lowest BCUT2D eigenvalue weighted by molar-refractivity contribution is -0.131. The Morgan fingerprint density at radius 3 is 2.36 bits per heavy atom. The van der Waals surface area contributed by atoms with Crippen LogP contribution in [0.2, 0.25) is 0 Å². The molecule has 0 spiro atoms. The normalized spacial score (nSPS) is 9.93. The summed E-state index contributed by atoms with van der Waals surface area (Å²) in [6.45, 7) is 0. The maximum Gasteiger partial charge on any atom is 0.377 e. The lowest BCUT2D eigenvalue weighted by Gasteiger charge is -2.01. The van der Waals surface area contributed by atoms with E-state index in [0.717, 1.165) is 12.1 Å². The Morgan fingerprint density at radius 2 is 1.86 bits per heavy atom. The second kappa shape index (κ2) is 3.83. The van der Waals surface area contributed by atoms with Gasteiger partial charge in [0.05, 0.1) is 10.0 Å². The fourth-order valence-corrected chi connectivity index (χ4v) is 1.16. The van der Waals surface area contributed by atoms with E-state index in [1.807, 2.05) is 0 Å². The highest BCUT2D eigenvalue weighted by molar-refractivity contribution is 9.10. The van der Waals surface area contributed by atoms with Gasteiger partial charge in [-0.05, 0) is 28.1 Å². The Labute approximate surface area is 85.5 Å². The molecule has 0 aliphatic carbocycles. The van der Waals surface area contributed by atoms with Crippen LogP contribution >= 0.6 is 15.9 Å². The number of hydrogen-bond donors (Lipinski definition) is 1. The molecule has 74 valence electrons. The van der Waals surface area contributed by atoms with Crippen molar-refractivity contribution in [2.24, 2.45) is 0 Å². The SMILES string of the molecule is O=C(O)C(=O)c1ccc(F)c(Br)c1F. The van der Waals surface area contributed by atoms with Crippen molar-refractivity contribution in [2.75, 3.05) is 0 Å². The number of rotatable bonds is 2. The monoisotopic (exact) mass is 264 g/mol. The molecule has 1 N–H and O–H groups in total. The summed E-state index contributed by atoms with van der Waals surface area (Å²) in [5.41, 5.74) is -0.675. The molecule has 0 atom stereocenters. The summed E-state index contributed by atoms with van der Waals surface area (Å²) in [5.74, 6) is -5.31. The van der Waals surface area contributed by atoms with Gasteiger partial charge < -0.3 is 5.11 Å². The highest BCUT2D eigenvalue weighted by Crippen LogP contribution is 2.22. The smallest absolute Gasteiger partial charge is 0.377 e. The van der Waals surface area contributed by atoms with Crippen LogP contribution in [0.1, 0.15) is 10.4 Å². The number of hydrogen-bond acceptors (Lipinski definition) is 2. The Morgan fingerprint density at radius 1 is 1.29 bits per heavy atom. The number of aliphatic carboxylic acids is 1. The first-order chi connectivity index (χ1) is 6.45. The molecule has 0 aromatic heterocycles. The van der Waals surface area contributed by atoms with E-state index in [9.17, 15) is 18.4 Å². The molecular formula is C8H3BrF2O3. The summed E-state index contributed by atoms with van der Waals surface area (Å²) < 4.78 is 25.2. The number of carboxylic acids is 1. The van der Waals surface area contributed by atoms with Crippen LogP contribution in [0, 0.1) is 11.6 Å². The largest absolute Gasteiger partial charge is 0.475 e. The maximum atomic E-state index is 13.1. The molecule has 0 saturated carbocycles. The van der Waals surface area contributed by atoms with Gasteiger partial charge in [-0.2, -0.15) is 0 Å². The molecule has 0 unspecified atom stereocenters. The van der Waals surface area contributed by atoms with Gasteiger partial charge in [-0.1, -0.05) is 0 Å². The summed E-state index contributed by atoms with van der Waals surface area (Å²) in [6, 6.07) is 1.59. The average Bonchev–Trinajstić information content (AvgIpc) is 2.13. The summed E-state index contributed by atoms with van der Waals surface area (Å²) in [5, 5.41) is 8.29. The molecule has 0 saturated heterocycles. The lowest BCUT2D eigenvalue weighted by atomic mass is 10.1. The molecule has 3 nitrogen and oxygen atoms in total. The molecule has 6 heteroatoms. The molecule has 0 bridgehead atoms. The van der Waals surface area contributed by atoms with Gasteiger partial charge in [-0.25, -0.2) is 13.6 Å². The van der Waals surface area contributed by atoms with Gasteiger partial charge in [0.15, 0.2) is 5.82 Å². The van der Waals surface area contributed by atoms with Crippen LogP contribution in [0.15, 0.2) is 16.6 Å². The Hall–Kier alpha value is -1.30. The van der Waals surface area contributed by atoms with Crippen LogP contribution in [-0.4, -0.2) is 16.9 Å². The van der Waals surface area contributed by atoms with E-state index >= 15 is 0 Å². The molecule has 1 aromatic rings. The highest BCUT2D eigenvalue weighted by atomic mass is 79.9. The van der Waals surface area contributed by atoms with Crippen molar-refractivity contribution in [3.8, 4) is 0 Å². The number of benzene rings is 1. The van der Waals surface area contributed by atoms with Crippen molar-refractivity contribution in [1.82, 2.24) is 0 Å². The minimum Gasteiger partial charge on any atom is -0.475 e. The number of Topliss-reactive ketones (excluding diaryl/α,β-unsaturated/α-hetero) is 1. The maximum absolute atomic E-state index is 13.1. The predicted octanol–water partition coefficient (Wildman–Crippen LogP) is 1.99. The van der Waals surface area contributed by atoms with Crippen molar-refractivity contribution < 1.29 is 23.5 Å². The van der Waals surface area contributed by atoms with Gasteiger partial charge in [0.2, 0.25) is 0 Å². The molecule has 0 aliphatic heterocycles. The van der Waals surface area contributed by atoms with Crippen molar-refractivity contribution >= 4 is 27.7 Å². The summed E-state index contributed by atoms with van der Waals surface area (Å²) in [6.07, 6.45) is 0. The van der Waals surface area contributed by atoms with Crippen LogP contribution < -0.4 is 0 Å². The van der Waals surface area contributed by atoms with Crippen molar-refractivity contribution in [3.63, 3.8) is 0 Å². The zero-order valence-electron chi connectivity index (χ0n) is 6.55. The van der Waals surface area contributed by atoms with E-state index in [0.29, 0.717) is 0 Å². The molecule has 0 fully saturated rings. The highest BCUT2D eigenvalue weighted by Gasteiger charge is 2.21. The van der Waals surface area contributed by atoms with Gasteiger partial charge in [0.1, 0.15) is 5.82 Å². The Balaban J connectivity index is 3.31.